The number of anilines is 1. The van der Waals surface area contributed by atoms with E-state index in [0.717, 1.165) is 6.07 Å². The molecule has 0 heterocycles. The van der Waals surface area contributed by atoms with Crippen molar-refractivity contribution < 1.29 is 19.1 Å². The molecule has 5 nitrogen and oxygen atoms in total. The van der Waals surface area contributed by atoms with Gasteiger partial charge in [-0.3, -0.25) is 4.79 Å². The molecular weight excluding hydrogens is 239 g/mol. The number of para-hydroxylation sites is 1. The largest absolute Gasteiger partial charge is 0.478 e. The van der Waals surface area contributed by atoms with Crippen molar-refractivity contribution in [3.05, 3.63) is 29.6 Å². The molecule has 0 radical (unpaired) electrons. The van der Waals surface area contributed by atoms with Crippen molar-refractivity contribution in [1.82, 2.24) is 0 Å². The number of benzene rings is 1. The van der Waals surface area contributed by atoms with Gasteiger partial charge in [-0.25, -0.2) is 9.18 Å². The Labute approximate surface area is 104 Å². The highest BCUT2D eigenvalue weighted by molar-refractivity contribution is 6.00. The van der Waals surface area contributed by atoms with Gasteiger partial charge in [-0.15, -0.1) is 0 Å². The zero-order chi connectivity index (χ0) is 13.7. The lowest BCUT2D eigenvalue weighted by molar-refractivity contribution is -0.116. The van der Waals surface area contributed by atoms with Crippen molar-refractivity contribution in [3.8, 4) is 0 Å². The highest BCUT2D eigenvalue weighted by Crippen LogP contribution is 2.20. The van der Waals surface area contributed by atoms with Crippen LogP contribution in [0.1, 0.15) is 23.7 Å². The number of rotatable bonds is 5. The highest BCUT2D eigenvalue weighted by Gasteiger charge is 2.17. The Morgan fingerprint density at radius 3 is 2.72 bits per heavy atom. The molecule has 1 amide bonds. The second-order valence-electron chi connectivity index (χ2n) is 4.06. The van der Waals surface area contributed by atoms with E-state index in [2.05, 4.69) is 5.32 Å². The summed E-state index contributed by atoms with van der Waals surface area (Å²) in [5, 5.41) is 11.2. The Bertz CT molecular complexity index is 463. The summed E-state index contributed by atoms with van der Waals surface area (Å²) in [7, 11) is 0. The molecule has 0 spiro atoms. The van der Waals surface area contributed by atoms with Gasteiger partial charge in [0, 0.05) is 6.42 Å². The molecule has 1 aromatic rings. The van der Waals surface area contributed by atoms with E-state index in [0.29, 0.717) is 6.54 Å². The monoisotopic (exact) mass is 254 g/mol. The molecule has 0 bridgehead atoms. The van der Waals surface area contributed by atoms with Crippen LogP contribution in [0.2, 0.25) is 0 Å². The van der Waals surface area contributed by atoms with Gasteiger partial charge in [-0.1, -0.05) is 13.0 Å². The molecule has 4 N–H and O–H groups in total. The predicted molar refractivity (Wildman–Crippen MR) is 64.8 cm³/mol. The molecule has 0 saturated carbocycles. The maximum Gasteiger partial charge on any atom is 0.337 e. The Hall–Kier alpha value is -1.95. The summed E-state index contributed by atoms with van der Waals surface area (Å²) >= 11 is 0. The normalized spacial score (nSPS) is 11.9. The first-order valence-electron chi connectivity index (χ1n) is 5.47. The Balaban J connectivity index is 2.90. The van der Waals surface area contributed by atoms with Crippen LogP contribution in [0.3, 0.4) is 0 Å². The fraction of sp³-hybridized carbons (Fsp3) is 0.333. The lowest BCUT2D eigenvalue weighted by Gasteiger charge is -2.11. The number of nitrogens with two attached hydrogens (primary N) is 1. The van der Waals surface area contributed by atoms with Gasteiger partial charge in [0.05, 0.1) is 11.3 Å². The number of carbonyl (C=O) groups is 2. The van der Waals surface area contributed by atoms with Crippen LogP contribution in [0.15, 0.2) is 18.2 Å². The summed E-state index contributed by atoms with van der Waals surface area (Å²) in [6.07, 6.45) is 0.115. The number of carboxylic acid groups (broad SMARTS) is 1. The quantitative estimate of drug-likeness (QED) is 0.741. The van der Waals surface area contributed by atoms with Crippen molar-refractivity contribution in [1.29, 1.82) is 0 Å². The Morgan fingerprint density at radius 1 is 1.50 bits per heavy atom. The Kier molecular flexibility index (Phi) is 4.79. The second kappa shape index (κ2) is 6.11. The van der Waals surface area contributed by atoms with Crippen LogP contribution in [0.4, 0.5) is 10.1 Å². The fourth-order valence-electron chi connectivity index (χ4n) is 1.42. The number of carboxylic acids is 1. The topological polar surface area (TPSA) is 92.4 Å². The van der Waals surface area contributed by atoms with Crippen molar-refractivity contribution in [2.75, 3.05) is 11.9 Å². The molecule has 6 heteroatoms. The molecule has 0 saturated heterocycles. The van der Waals surface area contributed by atoms with Crippen molar-refractivity contribution >= 4 is 17.6 Å². The summed E-state index contributed by atoms with van der Waals surface area (Å²) in [6.45, 7) is 2.11. The van der Waals surface area contributed by atoms with E-state index < -0.39 is 17.7 Å². The van der Waals surface area contributed by atoms with Crippen molar-refractivity contribution in [3.63, 3.8) is 0 Å². The standard InChI is InChI=1S/C12H15FN2O3/c1-7(6-14)5-10(16)15-11-8(12(17)18)3-2-4-9(11)13/h2-4,7H,5-6,14H2,1H3,(H,15,16)(H,17,18). The second-order valence-corrected chi connectivity index (χ2v) is 4.06. The number of nitrogens with one attached hydrogen (secondary N) is 1. The van der Waals surface area contributed by atoms with Gasteiger partial charge in [-0.2, -0.15) is 0 Å². The molecule has 0 fully saturated rings. The van der Waals surface area contributed by atoms with E-state index >= 15 is 0 Å². The van der Waals surface area contributed by atoms with Crippen molar-refractivity contribution in [2.24, 2.45) is 11.7 Å². The summed E-state index contributed by atoms with van der Waals surface area (Å²) in [6, 6.07) is 3.60. The van der Waals surface area contributed by atoms with E-state index in [1.165, 1.54) is 12.1 Å². The zero-order valence-corrected chi connectivity index (χ0v) is 9.94. The molecule has 98 valence electrons. The SMILES string of the molecule is CC(CN)CC(=O)Nc1c(F)cccc1C(=O)O. The summed E-state index contributed by atoms with van der Waals surface area (Å²) < 4.78 is 13.5. The predicted octanol–water partition coefficient (Wildman–Crippen LogP) is 1.45. The molecule has 0 aliphatic carbocycles. The third kappa shape index (κ3) is 3.53. The van der Waals surface area contributed by atoms with Gasteiger partial charge >= 0.3 is 5.97 Å². The summed E-state index contributed by atoms with van der Waals surface area (Å²) in [4.78, 5) is 22.5. The number of hydrogen-bond donors (Lipinski definition) is 3. The maximum absolute atomic E-state index is 13.5. The summed E-state index contributed by atoms with van der Waals surface area (Å²) in [5.41, 5.74) is 4.79. The minimum absolute atomic E-state index is 0.0509. The molecule has 0 aliphatic heterocycles. The van der Waals surface area contributed by atoms with Crippen LogP contribution in [0, 0.1) is 11.7 Å². The minimum Gasteiger partial charge on any atom is -0.478 e. The van der Waals surface area contributed by atoms with Crippen LogP contribution in [0.5, 0.6) is 0 Å². The molecule has 1 unspecified atom stereocenters. The third-order valence-electron chi connectivity index (χ3n) is 2.44. The fourth-order valence-corrected chi connectivity index (χ4v) is 1.42. The van der Waals surface area contributed by atoms with Crippen molar-refractivity contribution in [2.45, 2.75) is 13.3 Å². The average Bonchev–Trinajstić information content (AvgIpc) is 2.31. The van der Waals surface area contributed by atoms with Crippen LogP contribution in [-0.2, 0) is 4.79 Å². The maximum atomic E-state index is 13.5. The average molecular weight is 254 g/mol. The van der Waals surface area contributed by atoms with E-state index in [1.54, 1.807) is 6.92 Å². The van der Waals surface area contributed by atoms with Crippen LogP contribution >= 0.6 is 0 Å². The highest BCUT2D eigenvalue weighted by atomic mass is 19.1. The Morgan fingerprint density at radius 2 is 2.17 bits per heavy atom. The molecule has 1 rings (SSSR count). The number of carbonyl (C=O) groups excluding carboxylic acids is 1. The number of hydrogen-bond acceptors (Lipinski definition) is 3. The summed E-state index contributed by atoms with van der Waals surface area (Å²) in [5.74, 6) is -2.58. The smallest absolute Gasteiger partial charge is 0.337 e. The first-order valence-corrected chi connectivity index (χ1v) is 5.47. The molecule has 0 aromatic heterocycles. The van der Waals surface area contributed by atoms with Gasteiger partial charge in [0.2, 0.25) is 5.91 Å². The van der Waals surface area contributed by atoms with Gasteiger partial charge in [0.15, 0.2) is 0 Å². The van der Waals surface area contributed by atoms with E-state index in [4.69, 9.17) is 10.8 Å². The number of amides is 1. The van der Waals surface area contributed by atoms with Gasteiger partial charge in [-0.05, 0) is 24.6 Å². The number of aromatic carboxylic acids is 1. The zero-order valence-electron chi connectivity index (χ0n) is 9.94. The van der Waals surface area contributed by atoms with Crippen LogP contribution in [-0.4, -0.2) is 23.5 Å². The minimum atomic E-state index is -1.29. The lowest BCUT2D eigenvalue weighted by atomic mass is 10.1. The van der Waals surface area contributed by atoms with Gasteiger partial charge in [0.25, 0.3) is 0 Å². The van der Waals surface area contributed by atoms with Gasteiger partial charge < -0.3 is 16.2 Å². The molecule has 1 atom stereocenters. The van der Waals surface area contributed by atoms with E-state index in [-0.39, 0.29) is 23.6 Å². The van der Waals surface area contributed by atoms with E-state index in [9.17, 15) is 14.0 Å². The molecule has 1 aromatic carbocycles. The van der Waals surface area contributed by atoms with Gasteiger partial charge in [0.1, 0.15) is 5.82 Å². The molecule has 18 heavy (non-hydrogen) atoms. The molecular formula is C12H15FN2O3. The first kappa shape index (κ1) is 14.1. The van der Waals surface area contributed by atoms with Crippen LogP contribution in [0.25, 0.3) is 0 Å². The first-order chi connectivity index (χ1) is 8.45. The van der Waals surface area contributed by atoms with Crippen LogP contribution < -0.4 is 11.1 Å². The number of halogens is 1. The molecule has 0 aliphatic rings. The van der Waals surface area contributed by atoms with E-state index in [1.807, 2.05) is 0 Å². The lowest BCUT2D eigenvalue weighted by Crippen LogP contribution is -2.21. The third-order valence-corrected chi connectivity index (χ3v) is 2.44.